The largest absolute Gasteiger partial charge is 0.483 e. The van der Waals surface area contributed by atoms with E-state index in [9.17, 15) is 9.59 Å². The van der Waals surface area contributed by atoms with Crippen LogP contribution in [-0.2, 0) is 4.79 Å². The van der Waals surface area contributed by atoms with Crippen molar-refractivity contribution in [2.75, 3.05) is 6.61 Å². The van der Waals surface area contributed by atoms with Crippen molar-refractivity contribution >= 4 is 11.7 Å². The Balaban J connectivity index is 2.18. The molecule has 1 aliphatic rings. The first kappa shape index (κ1) is 14.6. The van der Waals surface area contributed by atoms with Gasteiger partial charge >= 0.3 is 0 Å². The Labute approximate surface area is 119 Å². The van der Waals surface area contributed by atoms with Crippen LogP contribution in [0.25, 0.3) is 0 Å². The van der Waals surface area contributed by atoms with E-state index in [1.54, 1.807) is 6.07 Å². The van der Waals surface area contributed by atoms with Gasteiger partial charge in [0.15, 0.2) is 12.4 Å². The molecule has 0 spiro atoms. The summed E-state index contributed by atoms with van der Waals surface area (Å²) in [4.78, 5) is 23.7. The van der Waals surface area contributed by atoms with E-state index in [2.05, 4.69) is 5.32 Å². The molecule has 0 saturated carbocycles. The molecule has 108 valence electrons. The highest BCUT2D eigenvalue weighted by atomic mass is 16.5. The van der Waals surface area contributed by atoms with Gasteiger partial charge in [0.05, 0.1) is 5.56 Å². The monoisotopic (exact) mass is 275 g/mol. The number of amides is 1. The number of ether oxygens (including phenoxy) is 1. The average molecular weight is 275 g/mol. The van der Waals surface area contributed by atoms with Crippen molar-refractivity contribution in [2.24, 2.45) is 0 Å². The SMILES string of the molecule is Cc1ccc(OCC(=O)NC(C)C)c2c1[C@@H](C)CC2=O. The molecule has 1 aromatic carbocycles. The van der Waals surface area contributed by atoms with Crippen molar-refractivity contribution in [3.05, 3.63) is 28.8 Å². The van der Waals surface area contributed by atoms with Crippen LogP contribution in [0.5, 0.6) is 5.75 Å². The number of carbonyl (C=O) groups is 2. The predicted octanol–water partition coefficient (Wildman–Crippen LogP) is 2.59. The maximum absolute atomic E-state index is 12.1. The fourth-order valence-electron chi connectivity index (χ4n) is 2.74. The molecular formula is C16H21NO3. The van der Waals surface area contributed by atoms with Crippen LogP contribution in [0.3, 0.4) is 0 Å². The van der Waals surface area contributed by atoms with E-state index in [-0.39, 0.29) is 30.3 Å². The summed E-state index contributed by atoms with van der Waals surface area (Å²) in [6.07, 6.45) is 0.523. The highest BCUT2D eigenvalue weighted by molar-refractivity contribution is 6.04. The lowest BCUT2D eigenvalue weighted by Gasteiger charge is -2.14. The maximum Gasteiger partial charge on any atom is 0.258 e. The number of aryl methyl sites for hydroxylation is 1. The number of hydrogen-bond acceptors (Lipinski definition) is 3. The first-order valence-corrected chi connectivity index (χ1v) is 6.99. The number of nitrogens with one attached hydrogen (secondary N) is 1. The third-order valence-electron chi connectivity index (χ3n) is 3.50. The summed E-state index contributed by atoms with van der Waals surface area (Å²) >= 11 is 0. The van der Waals surface area contributed by atoms with E-state index < -0.39 is 0 Å². The highest BCUT2D eigenvalue weighted by Gasteiger charge is 2.31. The van der Waals surface area contributed by atoms with Crippen molar-refractivity contribution in [3.63, 3.8) is 0 Å². The van der Waals surface area contributed by atoms with Gasteiger partial charge in [-0.25, -0.2) is 0 Å². The van der Waals surface area contributed by atoms with Crippen molar-refractivity contribution in [2.45, 2.75) is 46.1 Å². The van der Waals surface area contributed by atoms with E-state index in [1.807, 2.05) is 33.8 Å². The van der Waals surface area contributed by atoms with E-state index in [0.29, 0.717) is 17.7 Å². The number of Topliss-reactive ketones (excluding diaryl/α,β-unsaturated/α-hetero) is 1. The Morgan fingerprint density at radius 2 is 2.15 bits per heavy atom. The molecule has 0 radical (unpaired) electrons. The molecule has 1 atom stereocenters. The molecule has 1 N–H and O–H groups in total. The lowest BCUT2D eigenvalue weighted by Crippen LogP contribution is -2.34. The maximum atomic E-state index is 12.1. The van der Waals surface area contributed by atoms with Crippen LogP contribution in [0.15, 0.2) is 12.1 Å². The summed E-state index contributed by atoms with van der Waals surface area (Å²) < 4.78 is 5.55. The van der Waals surface area contributed by atoms with E-state index >= 15 is 0 Å². The minimum absolute atomic E-state index is 0.0602. The van der Waals surface area contributed by atoms with Crippen LogP contribution < -0.4 is 10.1 Å². The fourth-order valence-corrected chi connectivity index (χ4v) is 2.74. The molecular weight excluding hydrogens is 254 g/mol. The van der Waals surface area contributed by atoms with Gasteiger partial charge in [0.25, 0.3) is 5.91 Å². The average Bonchev–Trinajstić information content (AvgIpc) is 2.64. The van der Waals surface area contributed by atoms with Crippen LogP contribution in [0, 0.1) is 6.92 Å². The minimum atomic E-state index is -0.173. The van der Waals surface area contributed by atoms with Gasteiger partial charge in [0.2, 0.25) is 0 Å². The van der Waals surface area contributed by atoms with Gasteiger partial charge in [-0.05, 0) is 43.9 Å². The van der Waals surface area contributed by atoms with Crippen molar-refractivity contribution in [1.82, 2.24) is 5.32 Å². The zero-order valence-corrected chi connectivity index (χ0v) is 12.4. The zero-order valence-electron chi connectivity index (χ0n) is 12.4. The molecule has 0 aliphatic heterocycles. The summed E-state index contributed by atoms with van der Waals surface area (Å²) in [5, 5.41) is 2.76. The van der Waals surface area contributed by atoms with Crippen LogP contribution in [0.4, 0.5) is 0 Å². The molecule has 0 saturated heterocycles. The third kappa shape index (κ3) is 2.84. The van der Waals surface area contributed by atoms with Gasteiger partial charge in [-0.1, -0.05) is 13.0 Å². The molecule has 4 heteroatoms. The Kier molecular flexibility index (Phi) is 4.12. The summed E-state index contributed by atoms with van der Waals surface area (Å²) in [5.74, 6) is 0.688. The normalized spacial score (nSPS) is 17.2. The quantitative estimate of drug-likeness (QED) is 0.919. The Bertz CT molecular complexity index is 549. The van der Waals surface area contributed by atoms with Crippen LogP contribution in [0.1, 0.15) is 54.6 Å². The molecule has 0 heterocycles. The second-order valence-corrected chi connectivity index (χ2v) is 5.71. The van der Waals surface area contributed by atoms with Gasteiger partial charge in [-0.3, -0.25) is 9.59 Å². The molecule has 0 bridgehead atoms. The lowest BCUT2D eigenvalue weighted by atomic mass is 9.97. The summed E-state index contributed by atoms with van der Waals surface area (Å²) in [5.41, 5.74) is 2.84. The van der Waals surface area contributed by atoms with Crippen molar-refractivity contribution in [3.8, 4) is 5.75 Å². The van der Waals surface area contributed by atoms with Crippen molar-refractivity contribution < 1.29 is 14.3 Å². The molecule has 2 rings (SSSR count). The minimum Gasteiger partial charge on any atom is -0.483 e. The molecule has 1 aromatic rings. The van der Waals surface area contributed by atoms with Crippen LogP contribution in [-0.4, -0.2) is 24.3 Å². The number of benzene rings is 1. The number of fused-ring (bicyclic) bond motifs is 1. The molecule has 1 aliphatic carbocycles. The lowest BCUT2D eigenvalue weighted by molar-refractivity contribution is -0.123. The molecule has 20 heavy (non-hydrogen) atoms. The van der Waals surface area contributed by atoms with Gasteiger partial charge in [0, 0.05) is 12.5 Å². The molecule has 0 aromatic heterocycles. The first-order valence-electron chi connectivity index (χ1n) is 6.99. The van der Waals surface area contributed by atoms with Gasteiger partial charge in [-0.15, -0.1) is 0 Å². The van der Waals surface area contributed by atoms with Crippen molar-refractivity contribution in [1.29, 1.82) is 0 Å². The first-order chi connectivity index (χ1) is 9.40. The van der Waals surface area contributed by atoms with Crippen LogP contribution >= 0.6 is 0 Å². The van der Waals surface area contributed by atoms with Gasteiger partial charge in [-0.2, -0.15) is 0 Å². The second kappa shape index (κ2) is 5.65. The fraction of sp³-hybridized carbons (Fsp3) is 0.500. The highest BCUT2D eigenvalue weighted by Crippen LogP contribution is 2.40. The van der Waals surface area contributed by atoms with E-state index in [0.717, 1.165) is 11.1 Å². The van der Waals surface area contributed by atoms with Crippen LogP contribution in [0.2, 0.25) is 0 Å². The predicted molar refractivity (Wildman–Crippen MR) is 77.3 cm³/mol. The Hall–Kier alpha value is -1.84. The standard InChI is InChI=1S/C16H21NO3/c1-9(2)17-14(19)8-20-13-6-5-10(3)15-11(4)7-12(18)16(13)15/h5-6,9,11H,7-8H2,1-4H3,(H,17,19)/t11-/m0/s1. The molecule has 4 nitrogen and oxygen atoms in total. The van der Waals surface area contributed by atoms with E-state index in [4.69, 9.17) is 4.74 Å². The van der Waals surface area contributed by atoms with E-state index in [1.165, 1.54) is 0 Å². The second-order valence-electron chi connectivity index (χ2n) is 5.71. The Morgan fingerprint density at radius 1 is 1.45 bits per heavy atom. The third-order valence-corrected chi connectivity index (χ3v) is 3.50. The number of ketones is 1. The Morgan fingerprint density at radius 3 is 2.80 bits per heavy atom. The molecule has 0 fully saturated rings. The summed E-state index contributed by atoms with van der Waals surface area (Å²) in [7, 11) is 0. The summed E-state index contributed by atoms with van der Waals surface area (Å²) in [6.45, 7) is 7.78. The molecule has 0 unspecified atom stereocenters. The summed E-state index contributed by atoms with van der Waals surface area (Å²) in [6, 6.07) is 3.81. The number of rotatable bonds is 4. The smallest absolute Gasteiger partial charge is 0.258 e. The topological polar surface area (TPSA) is 55.4 Å². The van der Waals surface area contributed by atoms with Gasteiger partial charge < -0.3 is 10.1 Å². The number of hydrogen-bond donors (Lipinski definition) is 1. The number of carbonyl (C=O) groups excluding carboxylic acids is 2. The van der Waals surface area contributed by atoms with Gasteiger partial charge in [0.1, 0.15) is 5.75 Å². The zero-order chi connectivity index (χ0) is 14.9. The molecule has 1 amide bonds.